The zero-order valence-electron chi connectivity index (χ0n) is 65.4. The highest BCUT2D eigenvalue weighted by Gasteiger charge is 2.49. The SMILES string of the molecule is CCC(C)[C@@H]([C@@H](CC(=O)N1CCC[C@H]1[C@H](OC)[C@@H](C)C(=O)CC(Cc1ccccc1)C(=O)O)OC)N(C)C(=O)[C@@H](NC(=O)[C@H](C(C)C)N(C)C(=O)OCc1ccc(OS(=O)(=O)Oc2cc(C(=O)CCCOCCn3cc(COCCOCCN4C(=O)C=CC4=O)nn3)ccc2OC2O[C@H](C(=O)O)[C@@H](O)[C@H](O)[C@H]2O)cc1)C(C)C. The number of methoxy groups -OCH3 is 2. The Bertz CT molecular complexity index is 4000. The first-order chi connectivity index (χ1) is 53.7. The molecule has 3 aliphatic rings. The quantitative estimate of drug-likeness (QED) is 0.0207. The van der Waals surface area contributed by atoms with E-state index in [4.69, 9.17) is 46.3 Å². The number of hydrogen-bond acceptors (Lipinski definition) is 27. The number of aliphatic carboxylic acids is 2. The molecule has 4 aromatic rings. The van der Waals surface area contributed by atoms with Crippen LogP contribution in [0, 0.1) is 29.6 Å². The molecular weight excluding hydrogens is 1500 g/mol. The number of aromatic nitrogens is 3. The van der Waals surface area contributed by atoms with Gasteiger partial charge in [-0.15, -0.1) is 13.5 Å². The number of rotatable bonds is 47. The molecule has 0 spiro atoms. The van der Waals surface area contributed by atoms with Gasteiger partial charge in [-0.25, -0.2) is 14.3 Å². The van der Waals surface area contributed by atoms with Crippen molar-refractivity contribution in [2.24, 2.45) is 29.6 Å². The van der Waals surface area contributed by atoms with Crippen LogP contribution in [0.3, 0.4) is 0 Å². The third-order valence-electron chi connectivity index (χ3n) is 20.0. The molecule has 6 amide bonds. The molecule has 3 aromatic carbocycles. The minimum absolute atomic E-state index is 0.104. The van der Waals surface area contributed by atoms with Gasteiger partial charge in [-0.2, -0.15) is 0 Å². The van der Waals surface area contributed by atoms with Gasteiger partial charge in [0.25, 0.3) is 11.8 Å². The standard InChI is InChI=1S/C77H106N8O27S/c1-12-47(6)66(60(103-10)41-63(90)84-30-16-20-55(84)70(104-11)48(7)57(87)39-52(74(96)97)38-49-18-14-13-15-19-49)81(8)73(95)64(45(2)3)78-72(94)65(46(4)5)82(9)77(100)108-43-50-22-25-54(26-23-50)111-113(101,102)112-59-40-51(24-27-58(59)109-76-69(93)67(91)68(92)71(110-76)75(98)99)56(86)21-17-33-105-34-31-83-42-53(79-80-83)44-107-37-36-106-35-32-85-61(88)28-29-62(85)89/h13-15,18-19,22-29,40,42,45-48,52,55,60,64-71,76,91-93H,12,16-17,20-21,30-39,41,43-44H2,1-11H3,(H,78,94)(H,96,97)(H,98,99)/t47?,48-,52?,55-,60+,64-,65-,66-,67-,68-,69+,70+,71-,76?/m0/s1. The maximum atomic E-state index is 14.9. The van der Waals surface area contributed by atoms with Crippen molar-refractivity contribution in [2.45, 2.75) is 187 Å². The monoisotopic (exact) mass is 1610 g/mol. The number of hydrogen-bond donors (Lipinski definition) is 6. The zero-order valence-corrected chi connectivity index (χ0v) is 66.2. The lowest BCUT2D eigenvalue weighted by Gasteiger charge is -2.41. The van der Waals surface area contributed by atoms with E-state index in [9.17, 15) is 81.9 Å². The van der Waals surface area contributed by atoms with Crippen molar-refractivity contribution in [3.8, 4) is 17.2 Å². The largest absolute Gasteiger partial charge is 0.501 e. The van der Waals surface area contributed by atoms with Crippen LogP contribution >= 0.6 is 0 Å². The molecule has 7 rings (SSSR count). The number of carbonyl (C=O) groups is 10. The predicted molar refractivity (Wildman–Crippen MR) is 399 cm³/mol. The fourth-order valence-electron chi connectivity index (χ4n) is 13.6. The third kappa shape index (κ3) is 25.6. The van der Waals surface area contributed by atoms with Crippen molar-refractivity contribution in [3.05, 3.63) is 114 Å². The molecule has 0 aliphatic carbocycles. The molecular formula is C77H106N8O27S. The van der Waals surface area contributed by atoms with Crippen LogP contribution in [0.1, 0.15) is 121 Å². The van der Waals surface area contributed by atoms with E-state index in [-0.39, 0.29) is 107 Å². The number of aliphatic hydroxyl groups is 3. The summed E-state index contributed by atoms with van der Waals surface area (Å²) in [4.78, 5) is 138. The topological polar surface area (TPSA) is 454 Å². The summed E-state index contributed by atoms with van der Waals surface area (Å²) in [6.07, 6.45) is -7.40. The fourth-order valence-corrected chi connectivity index (χ4v) is 14.4. The van der Waals surface area contributed by atoms with Gasteiger partial charge in [0, 0.05) is 77.9 Å². The number of ether oxygens (including phenoxy) is 8. The second-order valence-electron chi connectivity index (χ2n) is 28.7. The first kappa shape index (κ1) is 90.8. The van der Waals surface area contributed by atoms with Gasteiger partial charge in [0.1, 0.15) is 54.2 Å². The highest BCUT2D eigenvalue weighted by atomic mass is 32.3. The molecule has 3 aliphatic heterocycles. The van der Waals surface area contributed by atoms with Crippen LogP contribution in [-0.2, 0) is 108 Å². The van der Waals surface area contributed by atoms with E-state index in [0.717, 1.165) is 27.5 Å². The number of likely N-dealkylation sites (N-methyl/N-ethyl adjacent to an activating group) is 2. The molecule has 2 fully saturated rings. The van der Waals surface area contributed by atoms with Gasteiger partial charge in [-0.3, -0.25) is 48.2 Å². The fraction of sp³-hybridized carbons (Fsp3) is 0.584. The van der Waals surface area contributed by atoms with Crippen LogP contribution in [0.5, 0.6) is 17.2 Å². The minimum atomic E-state index is -5.19. The molecule has 0 bridgehead atoms. The molecule has 14 atom stereocenters. The molecule has 3 unspecified atom stereocenters. The Kier molecular flexibility index (Phi) is 34.7. The summed E-state index contributed by atoms with van der Waals surface area (Å²) in [5, 5.41) is 62.3. The second kappa shape index (κ2) is 43.2. The van der Waals surface area contributed by atoms with Gasteiger partial charge < -0.3 is 86.9 Å². The Labute approximate surface area is 656 Å². The normalized spacial score (nSPS) is 19.9. The lowest BCUT2D eigenvalue weighted by molar-refractivity contribution is -0.271. The smallest absolute Gasteiger partial charge is 0.481 e. The Morgan fingerprint density at radius 2 is 1.41 bits per heavy atom. The van der Waals surface area contributed by atoms with Crippen molar-refractivity contribution in [1.29, 1.82) is 0 Å². The first-order valence-corrected chi connectivity index (χ1v) is 38.8. The van der Waals surface area contributed by atoms with Crippen LogP contribution in [0.2, 0.25) is 0 Å². The second-order valence-corrected chi connectivity index (χ2v) is 29.9. The Balaban J connectivity index is 0.923. The van der Waals surface area contributed by atoms with Crippen molar-refractivity contribution >= 4 is 69.5 Å². The van der Waals surface area contributed by atoms with E-state index in [0.29, 0.717) is 43.6 Å². The van der Waals surface area contributed by atoms with Crippen molar-refractivity contribution in [2.75, 3.05) is 74.4 Å². The first-order valence-electron chi connectivity index (χ1n) is 37.4. The number of imide groups is 1. The number of amides is 6. The average molecular weight is 1610 g/mol. The third-order valence-corrected chi connectivity index (χ3v) is 20.8. The van der Waals surface area contributed by atoms with Crippen LogP contribution in [-0.4, -0.2) is 269 Å². The molecule has 4 heterocycles. The lowest BCUT2D eigenvalue weighted by atomic mass is 9.85. The number of benzene rings is 3. The molecule has 622 valence electrons. The van der Waals surface area contributed by atoms with E-state index in [2.05, 4.69) is 15.6 Å². The predicted octanol–water partition coefficient (Wildman–Crippen LogP) is 3.95. The summed E-state index contributed by atoms with van der Waals surface area (Å²) >= 11 is 0. The Hall–Kier alpha value is -9.37. The van der Waals surface area contributed by atoms with E-state index >= 15 is 0 Å². The summed E-state index contributed by atoms with van der Waals surface area (Å²) in [7, 11) is 0.662. The van der Waals surface area contributed by atoms with Gasteiger partial charge in [-0.05, 0) is 84.9 Å². The van der Waals surface area contributed by atoms with E-state index < -0.39 is 167 Å². The number of ketones is 2. The van der Waals surface area contributed by atoms with Gasteiger partial charge >= 0.3 is 28.4 Å². The van der Waals surface area contributed by atoms with Crippen LogP contribution in [0.15, 0.2) is 91.1 Å². The van der Waals surface area contributed by atoms with Crippen LogP contribution in [0.4, 0.5) is 4.79 Å². The molecule has 113 heavy (non-hydrogen) atoms. The van der Waals surface area contributed by atoms with Gasteiger partial charge in [-0.1, -0.05) is 103 Å². The van der Waals surface area contributed by atoms with E-state index in [1.54, 1.807) is 64.9 Å². The van der Waals surface area contributed by atoms with Crippen LogP contribution < -0.4 is 18.4 Å². The van der Waals surface area contributed by atoms with E-state index in [1.165, 1.54) is 73.3 Å². The van der Waals surface area contributed by atoms with Gasteiger partial charge in [0.2, 0.25) is 24.0 Å². The molecule has 0 radical (unpaired) electrons. The summed E-state index contributed by atoms with van der Waals surface area (Å²) in [6, 6.07) is 13.9. The minimum Gasteiger partial charge on any atom is -0.481 e. The van der Waals surface area contributed by atoms with E-state index in [1.807, 2.05) is 32.0 Å². The number of likely N-dealkylation sites (tertiary alicyclic amines) is 1. The number of aliphatic hydroxyl groups excluding tert-OH is 3. The van der Waals surface area contributed by atoms with Crippen molar-refractivity contribution < 1.29 is 128 Å². The zero-order chi connectivity index (χ0) is 83.0. The maximum Gasteiger partial charge on any atom is 0.501 e. The summed E-state index contributed by atoms with van der Waals surface area (Å²) < 4.78 is 84.8. The average Bonchev–Trinajstić information content (AvgIpc) is 1.46. The van der Waals surface area contributed by atoms with Crippen molar-refractivity contribution in [3.63, 3.8) is 0 Å². The maximum absolute atomic E-state index is 14.9. The van der Waals surface area contributed by atoms with Gasteiger partial charge in [0.15, 0.2) is 23.4 Å². The highest BCUT2D eigenvalue weighted by Crippen LogP contribution is 2.36. The molecule has 2 saturated heterocycles. The number of carboxylic acid groups (broad SMARTS) is 2. The molecule has 6 N–H and O–H groups in total. The molecule has 35 nitrogen and oxygen atoms in total. The number of carbonyl (C=O) groups excluding carboxylic acids is 8. The Morgan fingerprint density at radius 3 is 2.04 bits per heavy atom. The molecule has 1 aromatic heterocycles. The number of Topliss-reactive ketones (excluding diaryl/α,β-unsaturated/α-hetero) is 2. The highest BCUT2D eigenvalue weighted by molar-refractivity contribution is 7.82. The summed E-state index contributed by atoms with van der Waals surface area (Å²) in [6.45, 7) is 13.8. The number of nitrogens with one attached hydrogen (secondary N) is 1. The molecule has 0 saturated carbocycles. The van der Waals surface area contributed by atoms with Crippen molar-refractivity contribution in [1.82, 2.24) is 39.9 Å². The molecule has 36 heteroatoms. The summed E-state index contributed by atoms with van der Waals surface area (Å²) in [5.41, 5.74) is 1.52. The number of nitrogens with zero attached hydrogens (tertiary/aromatic N) is 7. The number of carboxylic acids is 2. The van der Waals surface area contributed by atoms with Crippen LogP contribution in [0.25, 0.3) is 0 Å². The Morgan fingerprint density at radius 1 is 0.735 bits per heavy atom. The summed E-state index contributed by atoms with van der Waals surface area (Å²) in [5.74, 6) is -10.5. The lowest BCUT2D eigenvalue weighted by Crippen LogP contribution is -2.61. The van der Waals surface area contributed by atoms with Gasteiger partial charge in [0.05, 0.1) is 89.0 Å².